The lowest BCUT2D eigenvalue weighted by Gasteiger charge is -2.07. The second-order valence-corrected chi connectivity index (χ2v) is 5.05. The Morgan fingerprint density at radius 1 is 1.17 bits per heavy atom. The molecule has 0 saturated heterocycles. The van der Waals surface area contributed by atoms with Crippen LogP contribution < -0.4 is 4.74 Å². The molecule has 6 heteroatoms. The van der Waals surface area contributed by atoms with Gasteiger partial charge in [-0.15, -0.1) is 0 Å². The fourth-order valence-electron chi connectivity index (χ4n) is 1.36. The molecule has 0 amide bonds. The molecule has 2 rings (SSSR count). The minimum atomic E-state index is -0.520. The van der Waals surface area contributed by atoms with Gasteiger partial charge in [0, 0.05) is 9.64 Å². The third kappa shape index (κ3) is 2.91. The van der Waals surface area contributed by atoms with E-state index in [0.717, 1.165) is 3.57 Å². The Bertz CT molecular complexity index is 586. The number of nitrogens with zero attached hydrogens (tertiary/aromatic N) is 1. The first-order valence-corrected chi connectivity index (χ1v) is 6.40. The Labute approximate surface area is 122 Å². The molecule has 2 aromatic rings. The third-order valence-electron chi connectivity index (χ3n) is 2.18. The van der Waals surface area contributed by atoms with Crippen LogP contribution in [0.5, 0.6) is 11.5 Å². The molecule has 92 valence electrons. The van der Waals surface area contributed by atoms with Crippen LogP contribution in [0.1, 0.15) is 0 Å². The SMILES string of the molecule is O=[N+]([O-])c1cccc(Cl)c1Oc1ccc(I)cc1. The number of benzene rings is 2. The van der Waals surface area contributed by atoms with Crippen molar-refractivity contribution in [3.63, 3.8) is 0 Å². The first-order chi connectivity index (χ1) is 8.58. The van der Waals surface area contributed by atoms with E-state index in [1.165, 1.54) is 12.1 Å². The van der Waals surface area contributed by atoms with Gasteiger partial charge in [-0.05, 0) is 52.9 Å². The van der Waals surface area contributed by atoms with Crippen molar-refractivity contribution in [2.75, 3.05) is 0 Å². The normalized spacial score (nSPS) is 10.1. The molecule has 0 spiro atoms. The molecule has 0 fully saturated rings. The molecule has 0 aliphatic rings. The lowest BCUT2D eigenvalue weighted by Crippen LogP contribution is -1.94. The van der Waals surface area contributed by atoms with E-state index in [1.807, 2.05) is 12.1 Å². The smallest absolute Gasteiger partial charge is 0.313 e. The molecule has 0 aromatic heterocycles. The largest absolute Gasteiger partial charge is 0.449 e. The van der Waals surface area contributed by atoms with Gasteiger partial charge in [-0.2, -0.15) is 0 Å². The van der Waals surface area contributed by atoms with Gasteiger partial charge >= 0.3 is 5.69 Å². The van der Waals surface area contributed by atoms with Crippen molar-refractivity contribution in [2.45, 2.75) is 0 Å². The average Bonchev–Trinajstić information content (AvgIpc) is 2.34. The molecule has 0 atom stereocenters. The van der Waals surface area contributed by atoms with Crippen molar-refractivity contribution in [3.8, 4) is 11.5 Å². The number of para-hydroxylation sites is 1. The van der Waals surface area contributed by atoms with Gasteiger partial charge in [0.2, 0.25) is 5.75 Å². The second kappa shape index (κ2) is 5.53. The maximum atomic E-state index is 10.9. The zero-order chi connectivity index (χ0) is 13.1. The molecule has 0 radical (unpaired) electrons. The summed E-state index contributed by atoms with van der Waals surface area (Å²) in [5.74, 6) is 0.567. The van der Waals surface area contributed by atoms with Crippen molar-refractivity contribution in [1.82, 2.24) is 0 Å². The summed E-state index contributed by atoms with van der Waals surface area (Å²) in [7, 11) is 0. The van der Waals surface area contributed by atoms with Crippen LogP contribution in [0.15, 0.2) is 42.5 Å². The lowest BCUT2D eigenvalue weighted by molar-refractivity contribution is -0.385. The molecule has 2 aromatic carbocycles. The van der Waals surface area contributed by atoms with Gasteiger partial charge in [0.15, 0.2) is 0 Å². The Morgan fingerprint density at radius 3 is 2.44 bits per heavy atom. The Kier molecular flexibility index (Phi) is 4.03. The zero-order valence-electron chi connectivity index (χ0n) is 8.97. The van der Waals surface area contributed by atoms with Crippen LogP contribution >= 0.6 is 34.2 Å². The van der Waals surface area contributed by atoms with Gasteiger partial charge < -0.3 is 4.74 Å². The quantitative estimate of drug-likeness (QED) is 0.446. The Balaban J connectivity index is 2.39. The maximum absolute atomic E-state index is 10.9. The first-order valence-electron chi connectivity index (χ1n) is 4.94. The number of rotatable bonds is 3. The van der Waals surface area contributed by atoms with Gasteiger partial charge in [0.1, 0.15) is 5.75 Å². The van der Waals surface area contributed by atoms with Crippen LogP contribution in [0, 0.1) is 13.7 Å². The van der Waals surface area contributed by atoms with Gasteiger partial charge in [-0.1, -0.05) is 17.7 Å². The van der Waals surface area contributed by atoms with Crippen LogP contribution in [0.2, 0.25) is 5.02 Å². The second-order valence-electron chi connectivity index (χ2n) is 3.40. The predicted octanol–water partition coefficient (Wildman–Crippen LogP) is 4.65. The molecule has 0 N–H and O–H groups in total. The summed E-state index contributed by atoms with van der Waals surface area (Å²) >= 11 is 8.09. The summed E-state index contributed by atoms with van der Waals surface area (Å²) in [6, 6.07) is 11.6. The fourth-order valence-corrected chi connectivity index (χ4v) is 1.93. The number of hydrogen-bond donors (Lipinski definition) is 0. The van der Waals surface area contributed by atoms with Crippen molar-refractivity contribution in [1.29, 1.82) is 0 Å². The van der Waals surface area contributed by atoms with E-state index >= 15 is 0 Å². The molecule has 0 bridgehead atoms. The van der Waals surface area contributed by atoms with Crippen LogP contribution in [-0.4, -0.2) is 4.92 Å². The van der Waals surface area contributed by atoms with E-state index in [4.69, 9.17) is 16.3 Å². The van der Waals surface area contributed by atoms with Crippen LogP contribution in [0.25, 0.3) is 0 Å². The number of nitro benzene ring substituents is 1. The molecular formula is C12H7ClINO3. The van der Waals surface area contributed by atoms with Gasteiger partial charge in [0.05, 0.1) is 9.95 Å². The highest BCUT2D eigenvalue weighted by Crippen LogP contribution is 2.37. The summed E-state index contributed by atoms with van der Waals surface area (Å²) < 4.78 is 6.53. The van der Waals surface area contributed by atoms with E-state index in [0.29, 0.717) is 5.75 Å². The summed E-state index contributed by atoms with van der Waals surface area (Å²) in [6.45, 7) is 0. The average molecular weight is 376 g/mol. The maximum Gasteiger partial charge on any atom is 0.313 e. The molecule has 0 aliphatic carbocycles. The minimum Gasteiger partial charge on any atom is -0.449 e. The number of ether oxygens (including phenoxy) is 1. The van der Waals surface area contributed by atoms with Gasteiger partial charge in [0.25, 0.3) is 0 Å². The van der Waals surface area contributed by atoms with Crippen molar-refractivity contribution in [3.05, 3.63) is 61.2 Å². The molecule has 18 heavy (non-hydrogen) atoms. The zero-order valence-corrected chi connectivity index (χ0v) is 11.9. The molecule has 4 nitrogen and oxygen atoms in total. The van der Waals surface area contributed by atoms with Crippen molar-refractivity contribution >= 4 is 39.9 Å². The standard InChI is InChI=1S/C12H7ClINO3/c13-10-2-1-3-11(15(16)17)12(10)18-9-6-4-8(14)5-7-9/h1-7H. The number of nitro groups is 1. The van der Waals surface area contributed by atoms with E-state index in [1.54, 1.807) is 18.2 Å². The minimum absolute atomic E-state index is 0.0605. The fraction of sp³-hybridized carbons (Fsp3) is 0. The monoisotopic (exact) mass is 375 g/mol. The Morgan fingerprint density at radius 2 is 1.83 bits per heavy atom. The van der Waals surface area contributed by atoms with Crippen molar-refractivity contribution in [2.24, 2.45) is 0 Å². The van der Waals surface area contributed by atoms with Crippen molar-refractivity contribution < 1.29 is 9.66 Å². The topological polar surface area (TPSA) is 52.4 Å². The number of hydrogen-bond acceptors (Lipinski definition) is 3. The van der Waals surface area contributed by atoms with Crippen LogP contribution in [0.4, 0.5) is 5.69 Å². The Hall–Kier alpha value is -1.34. The summed E-state index contributed by atoms with van der Waals surface area (Å²) in [6.07, 6.45) is 0. The number of halogens is 2. The molecule has 0 aliphatic heterocycles. The van der Waals surface area contributed by atoms with E-state index in [9.17, 15) is 10.1 Å². The van der Waals surface area contributed by atoms with Crippen LogP contribution in [-0.2, 0) is 0 Å². The highest BCUT2D eigenvalue weighted by atomic mass is 127. The van der Waals surface area contributed by atoms with E-state index in [2.05, 4.69) is 22.6 Å². The van der Waals surface area contributed by atoms with Gasteiger partial charge in [-0.3, -0.25) is 10.1 Å². The van der Waals surface area contributed by atoms with Gasteiger partial charge in [-0.25, -0.2) is 0 Å². The molecule has 0 saturated carbocycles. The van der Waals surface area contributed by atoms with E-state index < -0.39 is 4.92 Å². The van der Waals surface area contributed by atoms with Crippen LogP contribution in [0.3, 0.4) is 0 Å². The molecule has 0 unspecified atom stereocenters. The molecular weight excluding hydrogens is 368 g/mol. The summed E-state index contributed by atoms with van der Waals surface area (Å²) in [5.41, 5.74) is -0.152. The summed E-state index contributed by atoms with van der Waals surface area (Å²) in [4.78, 5) is 10.4. The predicted molar refractivity (Wildman–Crippen MR) is 77.3 cm³/mol. The molecule has 0 heterocycles. The highest BCUT2D eigenvalue weighted by Gasteiger charge is 2.18. The lowest BCUT2D eigenvalue weighted by atomic mass is 10.3. The highest BCUT2D eigenvalue weighted by molar-refractivity contribution is 14.1. The third-order valence-corrected chi connectivity index (χ3v) is 3.19. The van der Waals surface area contributed by atoms with E-state index in [-0.39, 0.29) is 16.5 Å². The first kappa shape index (κ1) is 13.1. The summed E-state index contributed by atoms with van der Waals surface area (Å²) in [5, 5.41) is 11.1.